The fourth-order valence-electron chi connectivity index (χ4n) is 3.54. The second kappa shape index (κ2) is 7.95. The number of nitrogens with two attached hydrogens (primary N) is 1. The maximum atomic E-state index is 12.7. The van der Waals surface area contributed by atoms with Crippen molar-refractivity contribution < 1.29 is 9.53 Å². The van der Waals surface area contributed by atoms with Gasteiger partial charge in [0.1, 0.15) is 0 Å². The number of nitrogens with zero attached hydrogens (tertiary/aromatic N) is 1. The highest BCUT2D eigenvalue weighted by molar-refractivity contribution is 5.85. The Morgan fingerprint density at radius 1 is 1.27 bits per heavy atom. The lowest BCUT2D eigenvalue weighted by atomic mass is 9.89. The SMILES string of the molecule is Cl.N[C@@H](Cc1ccccc1)C(=O)N1CCOC2CCCCC21. The average molecular weight is 325 g/mol. The summed E-state index contributed by atoms with van der Waals surface area (Å²) in [6.07, 6.45) is 5.34. The zero-order chi connectivity index (χ0) is 14.7. The smallest absolute Gasteiger partial charge is 0.240 e. The first-order valence-corrected chi connectivity index (χ1v) is 7.97. The van der Waals surface area contributed by atoms with E-state index in [0.717, 1.165) is 18.4 Å². The molecule has 0 spiro atoms. The van der Waals surface area contributed by atoms with Gasteiger partial charge >= 0.3 is 0 Å². The number of carbonyl (C=O) groups is 1. The first-order valence-electron chi connectivity index (χ1n) is 7.97. The molecule has 1 aliphatic heterocycles. The van der Waals surface area contributed by atoms with Gasteiger partial charge in [0.15, 0.2) is 0 Å². The number of morpholine rings is 1. The van der Waals surface area contributed by atoms with Crippen molar-refractivity contribution in [3.8, 4) is 0 Å². The molecule has 122 valence electrons. The molecule has 2 unspecified atom stereocenters. The topological polar surface area (TPSA) is 55.6 Å². The van der Waals surface area contributed by atoms with Gasteiger partial charge in [-0.25, -0.2) is 0 Å². The van der Waals surface area contributed by atoms with Crippen LogP contribution in [0.2, 0.25) is 0 Å². The van der Waals surface area contributed by atoms with Crippen molar-refractivity contribution in [2.24, 2.45) is 5.73 Å². The molecule has 2 fully saturated rings. The molecule has 1 aromatic carbocycles. The monoisotopic (exact) mass is 324 g/mol. The van der Waals surface area contributed by atoms with E-state index >= 15 is 0 Å². The molecular formula is C17H25ClN2O2. The molecule has 2 aliphatic rings. The summed E-state index contributed by atoms with van der Waals surface area (Å²) < 4.78 is 5.83. The Balaban J connectivity index is 0.00000176. The van der Waals surface area contributed by atoms with E-state index in [1.54, 1.807) is 0 Å². The molecule has 0 bridgehead atoms. The van der Waals surface area contributed by atoms with Gasteiger partial charge in [-0.05, 0) is 24.8 Å². The van der Waals surface area contributed by atoms with Gasteiger partial charge in [0.05, 0.1) is 24.8 Å². The fourth-order valence-corrected chi connectivity index (χ4v) is 3.54. The lowest BCUT2D eigenvalue weighted by Crippen LogP contribution is -2.58. The standard InChI is InChI=1S/C17H24N2O2.ClH/c18-14(12-13-6-2-1-3-7-13)17(20)19-10-11-21-16-9-5-4-8-15(16)19;/h1-3,6-7,14-16H,4-5,8-12,18H2;1H/t14-,15?,16?;/m0./s1. The predicted molar refractivity (Wildman–Crippen MR) is 89.1 cm³/mol. The maximum Gasteiger partial charge on any atom is 0.240 e. The van der Waals surface area contributed by atoms with Crippen LogP contribution in [-0.4, -0.2) is 42.1 Å². The Morgan fingerprint density at radius 3 is 2.77 bits per heavy atom. The molecule has 4 nitrogen and oxygen atoms in total. The summed E-state index contributed by atoms with van der Waals surface area (Å²) in [4.78, 5) is 14.7. The van der Waals surface area contributed by atoms with Gasteiger partial charge in [-0.3, -0.25) is 4.79 Å². The summed E-state index contributed by atoms with van der Waals surface area (Å²) in [5.41, 5.74) is 7.29. The summed E-state index contributed by atoms with van der Waals surface area (Å²) in [5.74, 6) is 0.0825. The zero-order valence-electron chi connectivity index (χ0n) is 12.8. The number of benzene rings is 1. The molecule has 2 N–H and O–H groups in total. The molecule has 1 saturated heterocycles. The maximum absolute atomic E-state index is 12.7. The van der Waals surface area contributed by atoms with Gasteiger partial charge in [0.25, 0.3) is 0 Å². The Morgan fingerprint density at radius 2 is 2.00 bits per heavy atom. The number of hydrogen-bond donors (Lipinski definition) is 1. The molecular weight excluding hydrogens is 300 g/mol. The second-order valence-electron chi connectivity index (χ2n) is 6.09. The summed E-state index contributed by atoms with van der Waals surface area (Å²) in [7, 11) is 0. The molecule has 1 amide bonds. The minimum atomic E-state index is -0.451. The van der Waals surface area contributed by atoms with Gasteiger partial charge in [0.2, 0.25) is 5.91 Å². The number of carbonyl (C=O) groups excluding carboxylic acids is 1. The number of hydrogen-bond acceptors (Lipinski definition) is 3. The third-order valence-corrected chi connectivity index (χ3v) is 4.63. The number of halogens is 1. The van der Waals surface area contributed by atoms with Crippen molar-refractivity contribution in [2.45, 2.75) is 50.3 Å². The van der Waals surface area contributed by atoms with Crippen molar-refractivity contribution >= 4 is 18.3 Å². The van der Waals surface area contributed by atoms with E-state index in [4.69, 9.17) is 10.5 Å². The normalized spacial score (nSPS) is 25.8. The molecule has 1 aliphatic carbocycles. The molecule has 22 heavy (non-hydrogen) atoms. The largest absolute Gasteiger partial charge is 0.374 e. The van der Waals surface area contributed by atoms with Crippen molar-refractivity contribution in [3.63, 3.8) is 0 Å². The fraction of sp³-hybridized carbons (Fsp3) is 0.588. The van der Waals surface area contributed by atoms with Gasteiger partial charge in [-0.15, -0.1) is 12.4 Å². The lowest BCUT2D eigenvalue weighted by molar-refractivity contribution is -0.150. The zero-order valence-corrected chi connectivity index (χ0v) is 13.6. The predicted octanol–water partition coefficient (Wildman–Crippen LogP) is 2.15. The molecule has 3 atom stereocenters. The Kier molecular flexibility index (Phi) is 6.24. The van der Waals surface area contributed by atoms with Gasteiger partial charge < -0.3 is 15.4 Å². The van der Waals surface area contributed by atoms with Crippen molar-refractivity contribution in [2.75, 3.05) is 13.2 Å². The molecule has 3 rings (SSSR count). The summed E-state index contributed by atoms with van der Waals surface area (Å²) in [6.45, 7) is 1.33. The Bertz CT molecular complexity index is 481. The summed E-state index contributed by atoms with van der Waals surface area (Å²) in [5, 5.41) is 0. The van der Waals surface area contributed by atoms with Crippen LogP contribution in [-0.2, 0) is 16.0 Å². The van der Waals surface area contributed by atoms with E-state index in [-0.39, 0.29) is 30.5 Å². The average Bonchev–Trinajstić information content (AvgIpc) is 2.54. The van der Waals surface area contributed by atoms with Crippen molar-refractivity contribution in [3.05, 3.63) is 35.9 Å². The number of fused-ring (bicyclic) bond motifs is 1. The third kappa shape index (κ3) is 3.80. The highest BCUT2D eigenvalue weighted by Gasteiger charge is 2.37. The minimum absolute atomic E-state index is 0. The quantitative estimate of drug-likeness (QED) is 0.927. The Hall–Kier alpha value is -1.10. The Labute approximate surface area is 138 Å². The summed E-state index contributed by atoms with van der Waals surface area (Å²) in [6, 6.07) is 9.78. The van der Waals surface area contributed by atoms with Gasteiger partial charge in [-0.1, -0.05) is 43.2 Å². The third-order valence-electron chi connectivity index (χ3n) is 4.63. The molecule has 1 aromatic rings. The van der Waals surface area contributed by atoms with Crippen LogP contribution in [0.25, 0.3) is 0 Å². The van der Waals surface area contributed by atoms with Crippen LogP contribution in [0.5, 0.6) is 0 Å². The van der Waals surface area contributed by atoms with Crippen LogP contribution in [0, 0.1) is 0 Å². The van der Waals surface area contributed by atoms with Crippen LogP contribution in [0.1, 0.15) is 31.2 Å². The van der Waals surface area contributed by atoms with Gasteiger partial charge in [-0.2, -0.15) is 0 Å². The van der Waals surface area contributed by atoms with E-state index in [0.29, 0.717) is 19.6 Å². The van der Waals surface area contributed by atoms with E-state index in [1.165, 1.54) is 12.8 Å². The second-order valence-corrected chi connectivity index (χ2v) is 6.09. The molecule has 5 heteroatoms. The van der Waals surface area contributed by atoms with E-state index in [9.17, 15) is 4.79 Å². The molecule has 1 heterocycles. The lowest BCUT2D eigenvalue weighted by Gasteiger charge is -2.44. The van der Waals surface area contributed by atoms with E-state index < -0.39 is 6.04 Å². The summed E-state index contributed by atoms with van der Waals surface area (Å²) >= 11 is 0. The highest BCUT2D eigenvalue weighted by atomic mass is 35.5. The number of ether oxygens (including phenoxy) is 1. The van der Waals surface area contributed by atoms with E-state index in [1.807, 2.05) is 35.2 Å². The minimum Gasteiger partial charge on any atom is -0.374 e. The number of amides is 1. The van der Waals surface area contributed by atoms with Crippen LogP contribution in [0.3, 0.4) is 0 Å². The highest BCUT2D eigenvalue weighted by Crippen LogP contribution is 2.28. The first kappa shape index (κ1) is 17.3. The molecule has 0 aromatic heterocycles. The van der Waals surface area contributed by atoms with Crippen molar-refractivity contribution in [1.29, 1.82) is 0 Å². The molecule has 1 saturated carbocycles. The van der Waals surface area contributed by atoms with Crippen LogP contribution < -0.4 is 5.73 Å². The van der Waals surface area contributed by atoms with Gasteiger partial charge in [0, 0.05) is 6.54 Å². The molecule has 0 radical (unpaired) electrons. The van der Waals surface area contributed by atoms with Crippen LogP contribution in [0.15, 0.2) is 30.3 Å². The van der Waals surface area contributed by atoms with Crippen molar-refractivity contribution in [1.82, 2.24) is 4.90 Å². The van der Waals surface area contributed by atoms with Crippen LogP contribution >= 0.6 is 12.4 Å². The van der Waals surface area contributed by atoms with E-state index in [2.05, 4.69) is 0 Å². The number of rotatable bonds is 3. The first-order chi connectivity index (χ1) is 10.3. The van der Waals surface area contributed by atoms with Crippen LogP contribution in [0.4, 0.5) is 0 Å².